The van der Waals surface area contributed by atoms with Gasteiger partial charge in [0.05, 0.1) is 5.69 Å². The highest BCUT2D eigenvalue weighted by Crippen LogP contribution is 2.28. The van der Waals surface area contributed by atoms with Gasteiger partial charge < -0.3 is 4.90 Å². The molecule has 1 rings (SSSR count). The lowest BCUT2D eigenvalue weighted by molar-refractivity contribution is -0.119. The van der Waals surface area contributed by atoms with Crippen molar-refractivity contribution in [1.82, 2.24) is 0 Å². The molecule has 1 aromatic carbocycles. The van der Waals surface area contributed by atoms with Crippen molar-refractivity contribution in [1.29, 1.82) is 0 Å². The summed E-state index contributed by atoms with van der Waals surface area (Å²) >= 11 is 3.13. The zero-order valence-electron chi connectivity index (χ0n) is 8.38. The third-order valence-corrected chi connectivity index (χ3v) is 2.57. The van der Waals surface area contributed by atoms with E-state index in [1.54, 1.807) is 0 Å². The van der Waals surface area contributed by atoms with Crippen LogP contribution in [0.25, 0.3) is 0 Å². The molecule has 0 fully saturated rings. The molecular formula is C10H9BrF3NO. The van der Waals surface area contributed by atoms with E-state index in [0.717, 1.165) is 4.90 Å². The number of alkyl halides is 3. The Bertz CT molecular complexity index is 392. The molecule has 0 aromatic heterocycles. The van der Waals surface area contributed by atoms with E-state index in [2.05, 4.69) is 15.9 Å². The second kappa shape index (κ2) is 4.86. The third-order valence-electron chi connectivity index (χ3n) is 1.94. The first-order valence-electron chi connectivity index (χ1n) is 4.36. The molecule has 0 atom stereocenters. The molecule has 2 nitrogen and oxygen atoms in total. The number of hydrogen-bond donors (Lipinski definition) is 0. The fraction of sp³-hybridized carbons (Fsp3) is 0.300. The molecule has 0 spiro atoms. The molecule has 1 aromatic rings. The number of carbonyl (C=O) groups excluding carboxylic acids is 1. The van der Waals surface area contributed by atoms with E-state index in [1.807, 2.05) is 0 Å². The SMILES string of the molecule is CN(CC(F)(F)F)c1ccc(C=O)cc1Br. The molecule has 0 saturated carbocycles. The van der Waals surface area contributed by atoms with Gasteiger partial charge in [-0.1, -0.05) is 0 Å². The minimum atomic E-state index is -4.25. The van der Waals surface area contributed by atoms with Gasteiger partial charge in [-0.25, -0.2) is 0 Å². The molecule has 0 aliphatic carbocycles. The van der Waals surface area contributed by atoms with Crippen LogP contribution in [0, 0.1) is 0 Å². The minimum Gasteiger partial charge on any atom is -0.365 e. The van der Waals surface area contributed by atoms with Gasteiger partial charge >= 0.3 is 6.18 Å². The van der Waals surface area contributed by atoms with E-state index >= 15 is 0 Å². The first kappa shape index (κ1) is 13.0. The number of rotatable bonds is 3. The molecule has 0 amide bonds. The van der Waals surface area contributed by atoms with Gasteiger partial charge in [0.2, 0.25) is 0 Å². The van der Waals surface area contributed by atoms with Crippen molar-refractivity contribution in [2.24, 2.45) is 0 Å². The van der Waals surface area contributed by atoms with E-state index in [0.29, 0.717) is 22.0 Å². The summed E-state index contributed by atoms with van der Waals surface area (Å²) in [5, 5.41) is 0. The highest BCUT2D eigenvalue weighted by atomic mass is 79.9. The standard InChI is InChI=1S/C10H9BrF3NO/c1-15(6-10(12,13)14)9-3-2-7(5-16)4-8(9)11/h2-5H,6H2,1H3. The van der Waals surface area contributed by atoms with Crippen LogP contribution in [0.4, 0.5) is 18.9 Å². The lowest BCUT2D eigenvalue weighted by Crippen LogP contribution is -2.31. The minimum absolute atomic E-state index is 0.392. The summed E-state index contributed by atoms with van der Waals surface area (Å²) in [5.74, 6) is 0. The smallest absolute Gasteiger partial charge is 0.365 e. The highest BCUT2D eigenvalue weighted by molar-refractivity contribution is 9.10. The van der Waals surface area contributed by atoms with Gasteiger partial charge in [0.25, 0.3) is 0 Å². The monoisotopic (exact) mass is 295 g/mol. The molecular weight excluding hydrogens is 287 g/mol. The van der Waals surface area contributed by atoms with Crippen molar-refractivity contribution in [3.63, 3.8) is 0 Å². The lowest BCUT2D eigenvalue weighted by atomic mass is 10.2. The van der Waals surface area contributed by atoms with Crippen LogP contribution < -0.4 is 4.90 Å². The third kappa shape index (κ3) is 3.52. The molecule has 88 valence electrons. The molecule has 0 heterocycles. The number of aldehydes is 1. The number of hydrogen-bond acceptors (Lipinski definition) is 2. The van der Waals surface area contributed by atoms with Crippen LogP contribution in [0.3, 0.4) is 0 Å². The van der Waals surface area contributed by atoms with Crippen LogP contribution in [0.15, 0.2) is 22.7 Å². The first-order chi connectivity index (χ1) is 7.33. The second-order valence-corrected chi connectivity index (χ2v) is 4.15. The number of carbonyl (C=O) groups is 1. The Kier molecular flexibility index (Phi) is 3.96. The van der Waals surface area contributed by atoms with E-state index in [9.17, 15) is 18.0 Å². The number of nitrogens with zero attached hydrogens (tertiary/aromatic N) is 1. The van der Waals surface area contributed by atoms with Crippen LogP contribution in [0.5, 0.6) is 0 Å². The highest BCUT2D eigenvalue weighted by Gasteiger charge is 2.29. The number of halogens is 4. The molecule has 0 radical (unpaired) electrons. The molecule has 16 heavy (non-hydrogen) atoms. The summed E-state index contributed by atoms with van der Waals surface area (Å²) in [6.07, 6.45) is -3.62. The Balaban J connectivity index is 2.92. The Morgan fingerprint density at radius 2 is 2.06 bits per heavy atom. The number of anilines is 1. The van der Waals surface area contributed by atoms with Crippen molar-refractivity contribution in [3.8, 4) is 0 Å². The van der Waals surface area contributed by atoms with E-state index in [-0.39, 0.29) is 0 Å². The Morgan fingerprint density at radius 1 is 1.44 bits per heavy atom. The largest absolute Gasteiger partial charge is 0.405 e. The normalized spacial score (nSPS) is 11.3. The summed E-state index contributed by atoms with van der Waals surface area (Å²) in [5.41, 5.74) is 0.805. The van der Waals surface area contributed by atoms with Crippen LogP contribution in [-0.2, 0) is 0 Å². The molecule has 0 N–H and O–H groups in total. The molecule has 6 heteroatoms. The molecule has 0 unspecified atom stereocenters. The van der Waals surface area contributed by atoms with Crippen molar-refractivity contribution in [2.45, 2.75) is 6.18 Å². The van der Waals surface area contributed by atoms with Gasteiger partial charge in [-0.05, 0) is 34.1 Å². The van der Waals surface area contributed by atoms with Gasteiger partial charge in [0, 0.05) is 17.1 Å². The van der Waals surface area contributed by atoms with Crippen molar-refractivity contribution >= 4 is 27.9 Å². The average Bonchev–Trinajstić information content (AvgIpc) is 2.14. The molecule has 0 bridgehead atoms. The molecule has 0 saturated heterocycles. The summed E-state index contributed by atoms with van der Waals surface area (Å²) in [6.45, 7) is -1.04. The van der Waals surface area contributed by atoms with Crippen molar-refractivity contribution in [2.75, 3.05) is 18.5 Å². The fourth-order valence-corrected chi connectivity index (χ4v) is 1.96. The summed E-state index contributed by atoms with van der Waals surface area (Å²) in [6, 6.07) is 4.43. The summed E-state index contributed by atoms with van der Waals surface area (Å²) < 4.78 is 36.9. The van der Waals surface area contributed by atoms with Gasteiger partial charge in [0.15, 0.2) is 0 Å². The molecule has 0 aliphatic rings. The zero-order valence-corrected chi connectivity index (χ0v) is 9.97. The van der Waals surface area contributed by atoms with Crippen LogP contribution in [0.2, 0.25) is 0 Å². The lowest BCUT2D eigenvalue weighted by Gasteiger charge is -2.22. The van der Waals surface area contributed by atoms with E-state index in [4.69, 9.17) is 0 Å². The predicted molar refractivity (Wildman–Crippen MR) is 58.9 cm³/mol. The van der Waals surface area contributed by atoms with E-state index < -0.39 is 12.7 Å². The topological polar surface area (TPSA) is 20.3 Å². The quantitative estimate of drug-likeness (QED) is 0.798. The van der Waals surface area contributed by atoms with Crippen molar-refractivity contribution in [3.05, 3.63) is 28.2 Å². The maximum Gasteiger partial charge on any atom is 0.405 e. The van der Waals surface area contributed by atoms with E-state index in [1.165, 1.54) is 25.2 Å². The Morgan fingerprint density at radius 3 is 2.50 bits per heavy atom. The predicted octanol–water partition coefficient (Wildman–Crippen LogP) is 3.26. The Hall–Kier alpha value is -1.04. The summed E-state index contributed by atoms with van der Waals surface area (Å²) in [4.78, 5) is 11.5. The molecule has 0 aliphatic heterocycles. The van der Waals surface area contributed by atoms with Crippen molar-refractivity contribution < 1.29 is 18.0 Å². The van der Waals surface area contributed by atoms with Gasteiger partial charge in [-0.3, -0.25) is 4.79 Å². The zero-order chi connectivity index (χ0) is 12.3. The van der Waals surface area contributed by atoms with Crippen LogP contribution in [-0.4, -0.2) is 26.1 Å². The van der Waals surface area contributed by atoms with Crippen LogP contribution in [0.1, 0.15) is 10.4 Å². The van der Waals surface area contributed by atoms with Gasteiger partial charge in [-0.2, -0.15) is 13.2 Å². The first-order valence-corrected chi connectivity index (χ1v) is 5.15. The summed E-state index contributed by atoms with van der Waals surface area (Å²) in [7, 11) is 1.34. The second-order valence-electron chi connectivity index (χ2n) is 3.30. The van der Waals surface area contributed by atoms with Gasteiger partial charge in [0.1, 0.15) is 12.8 Å². The average molecular weight is 296 g/mol. The van der Waals surface area contributed by atoms with Crippen LogP contribution >= 0.6 is 15.9 Å². The fourth-order valence-electron chi connectivity index (χ4n) is 1.26. The maximum absolute atomic E-state index is 12.2. The Labute approximate surface area is 99.2 Å². The number of benzene rings is 1. The van der Waals surface area contributed by atoms with Gasteiger partial charge in [-0.15, -0.1) is 0 Å². The maximum atomic E-state index is 12.2.